The Morgan fingerprint density at radius 3 is 2.58 bits per heavy atom. The lowest BCUT2D eigenvalue weighted by atomic mass is 10.1. The molecule has 0 saturated carbocycles. The third-order valence-electron chi connectivity index (χ3n) is 2.86. The molecule has 19 heavy (non-hydrogen) atoms. The van der Waals surface area contributed by atoms with Crippen LogP contribution < -0.4 is 10.6 Å². The van der Waals surface area contributed by atoms with Gasteiger partial charge in [-0.05, 0) is 24.1 Å². The lowest BCUT2D eigenvalue weighted by Gasteiger charge is -2.19. The van der Waals surface area contributed by atoms with Crippen LogP contribution in [0, 0.1) is 0 Å². The lowest BCUT2D eigenvalue weighted by Crippen LogP contribution is -2.26. The first-order valence-electron chi connectivity index (χ1n) is 6.44. The average Bonchev–Trinajstić information content (AvgIpc) is 2.35. The van der Waals surface area contributed by atoms with E-state index in [0.29, 0.717) is 13.1 Å². The molecule has 0 unspecified atom stereocenters. The monoisotopic (exact) mass is 285 g/mol. The van der Waals surface area contributed by atoms with Crippen molar-refractivity contribution in [3.05, 3.63) is 23.4 Å². The fraction of sp³-hybridized carbons (Fsp3) is 0.615. The lowest BCUT2D eigenvalue weighted by molar-refractivity contribution is 0.601. The fourth-order valence-electron chi connectivity index (χ4n) is 1.75. The van der Waals surface area contributed by atoms with Gasteiger partial charge in [0.1, 0.15) is 15.7 Å². The molecule has 0 radical (unpaired) electrons. The number of nitrogens with two attached hydrogens (primary N) is 1. The molecular weight excluding hydrogens is 262 g/mol. The molecule has 0 saturated heterocycles. The van der Waals surface area contributed by atoms with Crippen LogP contribution >= 0.6 is 0 Å². The molecule has 1 aromatic rings. The predicted molar refractivity (Wildman–Crippen MR) is 79.1 cm³/mol. The number of aryl methyl sites for hydroxylation is 1. The summed E-state index contributed by atoms with van der Waals surface area (Å²) in [5.41, 5.74) is 7.72. The van der Waals surface area contributed by atoms with E-state index in [0.717, 1.165) is 29.9 Å². The number of aromatic nitrogens is 1. The molecule has 2 N–H and O–H groups in total. The van der Waals surface area contributed by atoms with Crippen LogP contribution in [-0.2, 0) is 22.8 Å². The number of sulfone groups is 1. The maximum Gasteiger partial charge on any atom is 0.149 e. The first kappa shape index (κ1) is 15.9. The molecular formula is C13H23N3O2S. The Morgan fingerprint density at radius 1 is 1.37 bits per heavy atom. The first-order chi connectivity index (χ1) is 8.85. The van der Waals surface area contributed by atoms with E-state index in [1.54, 1.807) is 0 Å². The van der Waals surface area contributed by atoms with Crippen molar-refractivity contribution < 1.29 is 8.42 Å². The van der Waals surface area contributed by atoms with Gasteiger partial charge in [-0.1, -0.05) is 13.3 Å². The van der Waals surface area contributed by atoms with Gasteiger partial charge in [-0.2, -0.15) is 0 Å². The second-order valence-electron chi connectivity index (χ2n) is 4.83. The van der Waals surface area contributed by atoms with Gasteiger partial charge in [-0.3, -0.25) is 0 Å². The standard InChI is InChI=1S/C13H23N3O2S/c1-4-5-12-8-11(10-14)9-13(15-12)16(2)6-7-19(3,17)18/h8-9H,4-7,10,14H2,1-3H3. The molecule has 5 nitrogen and oxygen atoms in total. The zero-order valence-electron chi connectivity index (χ0n) is 11.9. The molecule has 1 aromatic heterocycles. The van der Waals surface area contributed by atoms with Crippen LogP contribution in [-0.4, -0.2) is 39.0 Å². The fourth-order valence-corrected chi connectivity index (χ4v) is 2.35. The normalized spacial score (nSPS) is 11.6. The van der Waals surface area contributed by atoms with Crippen LogP contribution in [0.1, 0.15) is 24.6 Å². The minimum atomic E-state index is -2.96. The molecule has 0 bridgehead atoms. The summed E-state index contributed by atoms with van der Waals surface area (Å²) in [4.78, 5) is 6.41. The minimum absolute atomic E-state index is 0.126. The van der Waals surface area contributed by atoms with Crippen molar-refractivity contribution in [3.63, 3.8) is 0 Å². The highest BCUT2D eigenvalue weighted by molar-refractivity contribution is 7.90. The van der Waals surface area contributed by atoms with Crippen molar-refractivity contribution >= 4 is 15.7 Å². The van der Waals surface area contributed by atoms with Crippen molar-refractivity contribution in [3.8, 4) is 0 Å². The SMILES string of the molecule is CCCc1cc(CN)cc(N(C)CCS(C)(=O)=O)n1. The molecule has 0 aliphatic rings. The largest absolute Gasteiger partial charge is 0.359 e. The number of rotatable bonds is 7. The van der Waals surface area contributed by atoms with Gasteiger partial charge in [0, 0.05) is 32.1 Å². The van der Waals surface area contributed by atoms with Gasteiger partial charge in [0.15, 0.2) is 0 Å². The quantitative estimate of drug-likeness (QED) is 0.808. The summed E-state index contributed by atoms with van der Waals surface area (Å²) in [5, 5.41) is 0. The van der Waals surface area contributed by atoms with E-state index < -0.39 is 9.84 Å². The summed E-state index contributed by atoms with van der Waals surface area (Å²) in [6.45, 7) is 3.00. The highest BCUT2D eigenvalue weighted by atomic mass is 32.2. The molecule has 0 aliphatic heterocycles. The molecule has 1 heterocycles. The van der Waals surface area contributed by atoms with E-state index in [2.05, 4.69) is 11.9 Å². The number of anilines is 1. The molecule has 0 spiro atoms. The van der Waals surface area contributed by atoms with E-state index in [1.807, 2.05) is 24.1 Å². The zero-order valence-corrected chi connectivity index (χ0v) is 12.7. The molecule has 0 atom stereocenters. The van der Waals surface area contributed by atoms with Crippen LogP contribution in [0.3, 0.4) is 0 Å². The third kappa shape index (κ3) is 5.57. The minimum Gasteiger partial charge on any atom is -0.359 e. The van der Waals surface area contributed by atoms with Gasteiger partial charge in [0.05, 0.1) is 5.75 Å². The smallest absolute Gasteiger partial charge is 0.149 e. The van der Waals surface area contributed by atoms with Crippen LogP contribution in [0.5, 0.6) is 0 Å². The van der Waals surface area contributed by atoms with Crippen LogP contribution in [0.4, 0.5) is 5.82 Å². The highest BCUT2D eigenvalue weighted by Gasteiger charge is 2.09. The Kier molecular flexibility index (Phi) is 5.75. The summed E-state index contributed by atoms with van der Waals surface area (Å²) in [6.07, 6.45) is 3.17. The number of pyridine rings is 1. The van der Waals surface area contributed by atoms with Crippen molar-refractivity contribution in [2.24, 2.45) is 5.73 Å². The second kappa shape index (κ2) is 6.86. The molecule has 6 heteroatoms. The third-order valence-corrected chi connectivity index (χ3v) is 3.78. The first-order valence-corrected chi connectivity index (χ1v) is 8.50. The number of hydrogen-bond acceptors (Lipinski definition) is 5. The Balaban J connectivity index is 2.88. The van der Waals surface area contributed by atoms with Crippen molar-refractivity contribution in [1.29, 1.82) is 0 Å². The topological polar surface area (TPSA) is 76.3 Å². The van der Waals surface area contributed by atoms with Gasteiger partial charge in [-0.15, -0.1) is 0 Å². The molecule has 0 aromatic carbocycles. The van der Waals surface area contributed by atoms with E-state index in [-0.39, 0.29) is 5.75 Å². The Morgan fingerprint density at radius 2 is 2.05 bits per heavy atom. The van der Waals surface area contributed by atoms with Crippen molar-refractivity contribution in [1.82, 2.24) is 4.98 Å². The Hall–Kier alpha value is -1.14. The molecule has 108 valence electrons. The average molecular weight is 285 g/mol. The van der Waals surface area contributed by atoms with Crippen LogP contribution in [0.25, 0.3) is 0 Å². The van der Waals surface area contributed by atoms with Crippen molar-refractivity contribution in [2.45, 2.75) is 26.3 Å². The van der Waals surface area contributed by atoms with Gasteiger partial charge < -0.3 is 10.6 Å². The summed E-state index contributed by atoms with van der Waals surface area (Å²) in [5.74, 6) is 0.913. The van der Waals surface area contributed by atoms with Crippen LogP contribution in [0.2, 0.25) is 0 Å². The van der Waals surface area contributed by atoms with Gasteiger partial charge in [0.25, 0.3) is 0 Å². The maximum absolute atomic E-state index is 11.2. The number of hydrogen-bond donors (Lipinski definition) is 1. The predicted octanol–water partition coefficient (Wildman–Crippen LogP) is 0.974. The summed E-state index contributed by atoms with van der Waals surface area (Å²) in [7, 11) is -1.11. The number of nitrogens with zero attached hydrogens (tertiary/aromatic N) is 2. The molecule has 1 rings (SSSR count). The molecule has 0 fully saturated rings. The van der Waals surface area contributed by atoms with Crippen LogP contribution in [0.15, 0.2) is 12.1 Å². The van der Waals surface area contributed by atoms with E-state index in [1.165, 1.54) is 6.26 Å². The maximum atomic E-state index is 11.2. The van der Waals surface area contributed by atoms with Gasteiger partial charge >= 0.3 is 0 Å². The van der Waals surface area contributed by atoms with E-state index in [9.17, 15) is 8.42 Å². The van der Waals surface area contributed by atoms with Crippen molar-refractivity contribution in [2.75, 3.05) is 30.5 Å². The molecule has 0 aliphatic carbocycles. The van der Waals surface area contributed by atoms with Gasteiger partial charge in [0.2, 0.25) is 0 Å². The second-order valence-corrected chi connectivity index (χ2v) is 7.09. The Labute approximate surface area is 115 Å². The van der Waals surface area contributed by atoms with Gasteiger partial charge in [-0.25, -0.2) is 13.4 Å². The molecule has 0 amide bonds. The van der Waals surface area contributed by atoms with E-state index in [4.69, 9.17) is 5.73 Å². The summed E-state index contributed by atoms with van der Waals surface area (Å²) < 4.78 is 22.4. The summed E-state index contributed by atoms with van der Waals surface area (Å²) >= 11 is 0. The van der Waals surface area contributed by atoms with E-state index >= 15 is 0 Å². The zero-order chi connectivity index (χ0) is 14.5. The Bertz CT molecular complexity index is 515. The highest BCUT2D eigenvalue weighted by Crippen LogP contribution is 2.15. The summed E-state index contributed by atoms with van der Waals surface area (Å²) in [6, 6.07) is 3.93.